The Morgan fingerprint density at radius 2 is 1.88 bits per heavy atom. The van der Waals surface area contributed by atoms with Crippen LogP contribution in [0.1, 0.15) is 17.7 Å². The molecular weight excluding hydrogens is 342 g/mol. The van der Waals surface area contributed by atoms with Gasteiger partial charge in [-0.25, -0.2) is 4.98 Å². The van der Waals surface area contributed by atoms with Crippen LogP contribution in [0.2, 0.25) is 5.02 Å². The molecule has 0 aliphatic carbocycles. The number of benzene rings is 1. The second kappa shape index (κ2) is 8.04. The standard InChI is InChI=1S/C18H16ClN3OS/c19-15-3-1-13(2-4-15)11-21-17(23)6-5-16-12-24-18(22-16)14-7-9-20-10-8-14/h1-4,7-10,12H,5-6,11H2,(H,21,23). The normalized spacial score (nSPS) is 10.5. The van der Waals surface area contributed by atoms with Gasteiger partial charge in [-0.1, -0.05) is 23.7 Å². The van der Waals surface area contributed by atoms with Gasteiger partial charge in [0.05, 0.1) is 5.69 Å². The van der Waals surface area contributed by atoms with E-state index in [2.05, 4.69) is 15.3 Å². The zero-order valence-electron chi connectivity index (χ0n) is 12.9. The average Bonchev–Trinajstić information content (AvgIpc) is 3.09. The molecule has 2 heterocycles. The number of pyridine rings is 1. The van der Waals surface area contributed by atoms with Crippen molar-refractivity contribution in [3.05, 3.63) is 70.5 Å². The minimum atomic E-state index is 0.0170. The highest BCUT2D eigenvalue weighted by Crippen LogP contribution is 2.23. The van der Waals surface area contributed by atoms with E-state index in [1.165, 1.54) is 0 Å². The van der Waals surface area contributed by atoms with Crippen LogP contribution in [0.15, 0.2) is 54.2 Å². The molecule has 0 aliphatic rings. The van der Waals surface area contributed by atoms with Crippen LogP contribution >= 0.6 is 22.9 Å². The fourth-order valence-electron chi connectivity index (χ4n) is 2.18. The van der Waals surface area contributed by atoms with E-state index in [9.17, 15) is 4.79 Å². The summed E-state index contributed by atoms with van der Waals surface area (Å²) in [7, 11) is 0. The smallest absolute Gasteiger partial charge is 0.220 e. The van der Waals surface area contributed by atoms with Gasteiger partial charge in [0.25, 0.3) is 0 Å². The lowest BCUT2D eigenvalue weighted by Crippen LogP contribution is -2.22. The number of carbonyl (C=O) groups excluding carboxylic acids is 1. The van der Waals surface area contributed by atoms with E-state index in [0.29, 0.717) is 24.4 Å². The minimum Gasteiger partial charge on any atom is -0.352 e. The third kappa shape index (κ3) is 4.63. The molecule has 3 aromatic rings. The van der Waals surface area contributed by atoms with Crippen LogP contribution in [0.5, 0.6) is 0 Å². The third-order valence-corrected chi connectivity index (χ3v) is 4.68. The monoisotopic (exact) mass is 357 g/mol. The number of carbonyl (C=O) groups is 1. The molecule has 0 atom stereocenters. The Bertz CT molecular complexity index is 803. The number of amides is 1. The van der Waals surface area contributed by atoms with Crippen molar-refractivity contribution < 1.29 is 4.79 Å². The Balaban J connectivity index is 1.48. The summed E-state index contributed by atoms with van der Waals surface area (Å²) in [6.45, 7) is 0.509. The van der Waals surface area contributed by atoms with Gasteiger partial charge in [0.1, 0.15) is 5.01 Å². The first-order valence-corrected chi connectivity index (χ1v) is 8.82. The van der Waals surface area contributed by atoms with Crippen molar-refractivity contribution >= 4 is 28.8 Å². The largest absolute Gasteiger partial charge is 0.352 e. The lowest BCUT2D eigenvalue weighted by atomic mass is 10.2. The number of nitrogens with zero attached hydrogens (tertiary/aromatic N) is 2. The van der Waals surface area contributed by atoms with Crippen LogP contribution in [0.4, 0.5) is 0 Å². The van der Waals surface area contributed by atoms with E-state index in [1.807, 2.05) is 41.8 Å². The van der Waals surface area contributed by atoms with Crippen molar-refractivity contribution in [1.29, 1.82) is 0 Å². The average molecular weight is 358 g/mol. The van der Waals surface area contributed by atoms with E-state index in [0.717, 1.165) is 21.8 Å². The molecule has 1 N–H and O–H groups in total. The molecule has 6 heteroatoms. The summed E-state index contributed by atoms with van der Waals surface area (Å²) in [6.07, 6.45) is 4.56. The van der Waals surface area contributed by atoms with Crippen molar-refractivity contribution in [2.24, 2.45) is 0 Å². The third-order valence-electron chi connectivity index (χ3n) is 3.49. The summed E-state index contributed by atoms with van der Waals surface area (Å²) in [5.41, 5.74) is 3.02. The van der Waals surface area contributed by atoms with Crippen molar-refractivity contribution in [3.63, 3.8) is 0 Å². The van der Waals surface area contributed by atoms with Crippen LogP contribution in [-0.2, 0) is 17.8 Å². The summed E-state index contributed by atoms with van der Waals surface area (Å²) >= 11 is 7.42. The molecule has 0 saturated heterocycles. The maximum atomic E-state index is 12.0. The van der Waals surface area contributed by atoms with E-state index in [-0.39, 0.29) is 5.91 Å². The van der Waals surface area contributed by atoms with Gasteiger partial charge < -0.3 is 5.32 Å². The number of hydrogen-bond donors (Lipinski definition) is 1. The van der Waals surface area contributed by atoms with E-state index >= 15 is 0 Å². The molecule has 0 spiro atoms. The maximum absolute atomic E-state index is 12.0. The molecule has 4 nitrogen and oxygen atoms in total. The molecule has 3 rings (SSSR count). The van der Waals surface area contributed by atoms with E-state index < -0.39 is 0 Å². The van der Waals surface area contributed by atoms with Crippen molar-refractivity contribution in [2.75, 3.05) is 0 Å². The van der Waals surface area contributed by atoms with Crippen LogP contribution in [0.3, 0.4) is 0 Å². The highest BCUT2D eigenvalue weighted by atomic mass is 35.5. The Morgan fingerprint density at radius 1 is 1.12 bits per heavy atom. The van der Waals surface area contributed by atoms with Gasteiger partial charge in [-0.3, -0.25) is 9.78 Å². The van der Waals surface area contributed by atoms with Gasteiger partial charge in [0.2, 0.25) is 5.91 Å². The van der Waals surface area contributed by atoms with Gasteiger partial charge in [0, 0.05) is 41.3 Å². The maximum Gasteiger partial charge on any atom is 0.220 e. The molecule has 24 heavy (non-hydrogen) atoms. The number of thiazole rings is 1. The predicted octanol–water partition coefficient (Wildman–Crippen LogP) is 4.11. The first kappa shape index (κ1) is 16.6. The highest BCUT2D eigenvalue weighted by Gasteiger charge is 2.07. The van der Waals surface area contributed by atoms with Crippen LogP contribution < -0.4 is 5.32 Å². The van der Waals surface area contributed by atoms with Gasteiger partial charge in [-0.2, -0.15) is 0 Å². The number of hydrogen-bond acceptors (Lipinski definition) is 4. The zero-order chi connectivity index (χ0) is 16.8. The SMILES string of the molecule is O=C(CCc1csc(-c2ccncc2)n1)NCc1ccc(Cl)cc1. The molecule has 1 amide bonds. The molecule has 0 radical (unpaired) electrons. The minimum absolute atomic E-state index is 0.0170. The van der Waals surface area contributed by atoms with Crippen LogP contribution in [0, 0.1) is 0 Å². The molecule has 0 saturated carbocycles. The van der Waals surface area contributed by atoms with Crippen molar-refractivity contribution in [3.8, 4) is 10.6 Å². The number of aryl methyl sites for hydroxylation is 1. The van der Waals surface area contributed by atoms with Crippen LogP contribution in [-0.4, -0.2) is 15.9 Å². The lowest BCUT2D eigenvalue weighted by Gasteiger charge is -2.05. The molecule has 0 fully saturated rings. The fraction of sp³-hybridized carbons (Fsp3) is 0.167. The fourth-order valence-corrected chi connectivity index (χ4v) is 3.17. The van der Waals surface area contributed by atoms with Crippen LogP contribution in [0.25, 0.3) is 10.6 Å². The second-order valence-corrected chi connectivity index (χ2v) is 6.58. The van der Waals surface area contributed by atoms with Crippen molar-refractivity contribution in [1.82, 2.24) is 15.3 Å². The topological polar surface area (TPSA) is 54.9 Å². The molecule has 1 aromatic carbocycles. The second-order valence-electron chi connectivity index (χ2n) is 5.28. The van der Waals surface area contributed by atoms with Gasteiger partial charge in [-0.15, -0.1) is 11.3 Å². The molecule has 2 aromatic heterocycles. The number of nitrogens with one attached hydrogen (secondary N) is 1. The number of rotatable bonds is 6. The van der Waals surface area contributed by atoms with Gasteiger partial charge in [0.15, 0.2) is 0 Å². The van der Waals surface area contributed by atoms with E-state index in [1.54, 1.807) is 23.7 Å². The summed E-state index contributed by atoms with van der Waals surface area (Å²) < 4.78 is 0. The van der Waals surface area contributed by atoms with Crippen molar-refractivity contribution in [2.45, 2.75) is 19.4 Å². The van der Waals surface area contributed by atoms with Gasteiger partial charge in [-0.05, 0) is 36.2 Å². The Labute approximate surface area is 149 Å². The zero-order valence-corrected chi connectivity index (χ0v) is 14.5. The summed E-state index contributed by atoms with van der Waals surface area (Å²) in [5.74, 6) is 0.0170. The first-order chi connectivity index (χ1) is 11.7. The molecule has 0 bridgehead atoms. The molecule has 0 unspecified atom stereocenters. The van der Waals surface area contributed by atoms with Gasteiger partial charge >= 0.3 is 0 Å². The lowest BCUT2D eigenvalue weighted by molar-refractivity contribution is -0.121. The summed E-state index contributed by atoms with van der Waals surface area (Å²) in [5, 5.41) is 6.56. The summed E-state index contributed by atoms with van der Waals surface area (Å²) in [6, 6.07) is 11.3. The molecular formula is C18H16ClN3OS. The predicted molar refractivity (Wildman–Crippen MR) is 97.0 cm³/mol. The van der Waals surface area contributed by atoms with E-state index in [4.69, 9.17) is 11.6 Å². The summed E-state index contributed by atoms with van der Waals surface area (Å²) in [4.78, 5) is 20.5. The number of aromatic nitrogens is 2. The quantitative estimate of drug-likeness (QED) is 0.722. The Hall–Kier alpha value is -2.24. The number of halogens is 1. The first-order valence-electron chi connectivity index (χ1n) is 7.56. The Morgan fingerprint density at radius 3 is 2.62 bits per heavy atom. The molecule has 122 valence electrons. The highest BCUT2D eigenvalue weighted by molar-refractivity contribution is 7.13. The Kier molecular flexibility index (Phi) is 5.56. The molecule has 0 aliphatic heterocycles.